The van der Waals surface area contributed by atoms with Gasteiger partial charge < -0.3 is 5.32 Å². The summed E-state index contributed by atoms with van der Waals surface area (Å²) in [5, 5.41) is 2.92. The molecule has 1 aliphatic rings. The maximum atomic E-state index is 13.0. The molecule has 0 saturated heterocycles. The Balaban J connectivity index is 2.18. The quantitative estimate of drug-likeness (QED) is 0.884. The highest BCUT2D eigenvalue weighted by Crippen LogP contribution is 2.40. The zero-order chi connectivity index (χ0) is 11.9. The van der Waals surface area contributed by atoms with Crippen molar-refractivity contribution in [1.82, 2.24) is 0 Å². The summed E-state index contributed by atoms with van der Waals surface area (Å²) in [5.41, 5.74) is 0.437. The van der Waals surface area contributed by atoms with Gasteiger partial charge in [-0.2, -0.15) is 0 Å². The topological polar surface area (TPSA) is 29.1 Å². The van der Waals surface area contributed by atoms with E-state index in [1.165, 1.54) is 12.1 Å². The van der Waals surface area contributed by atoms with Crippen molar-refractivity contribution >= 4 is 39.1 Å². The number of hydrogen-bond donors (Lipinski definition) is 1. The molecule has 1 aromatic rings. The second-order valence-corrected chi connectivity index (χ2v) is 5.31. The number of amides is 1. The Bertz CT molecular complexity index is 429. The monoisotopic (exact) mass is 305 g/mol. The lowest BCUT2D eigenvalue weighted by Crippen LogP contribution is -2.15. The Morgan fingerprint density at radius 2 is 2.25 bits per heavy atom. The van der Waals surface area contributed by atoms with Gasteiger partial charge in [-0.1, -0.05) is 18.5 Å². The number of anilines is 1. The molecule has 1 N–H and O–H groups in total. The van der Waals surface area contributed by atoms with Crippen molar-refractivity contribution in [2.75, 3.05) is 5.32 Å². The number of halogens is 3. The van der Waals surface area contributed by atoms with Crippen LogP contribution in [0.1, 0.15) is 13.3 Å². The predicted molar refractivity (Wildman–Crippen MR) is 65.0 cm³/mol. The third-order valence-electron chi connectivity index (χ3n) is 2.70. The van der Waals surface area contributed by atoms with E-state index >= 15 is 0 Å². The summed E-state index contributed by atoms with van der Waals surface area (Å²) in [7, 11) is 0. The summed E-state index contributed by atoms with van der Waals surface area (Å²) < 4.78 is 13.4. The van der Waals surface area contributed by atoms with Crippen molar-refractivity contribution < 1.29 is 9.18 Å². The Hall–Kier alpha value is -0.610. The molecule has 0 bridgehead atoms. The molecule has 1 saturated carbocycles. The number of hydrogen-bond acceptors (Lipinski definition) is 1. The zero-order valence-electron chi connectivity index (χ0n) is 8.56. The first-order valence-corrected chi connectivity index (χ1v) is 6.11. The fourth-order valence-electron chi connectivity index (χ4n) is 1.56. The van der Waals surface area contributed by atoms with Gasteiger partial charge in [0.1, 0.15) is 5.82 Å². The summed E-state index contributed by atoms with van der Waals surface area (Å²) in [4.78, 5) is 11.7. The molecule has 2 atom stereocenters. The molecule has 1 aromatic carbocycles. The summed E-state index contributed by atoms with van der Waals surface area (Å²) in [6.07, 6.45) is 0.905. The van der Waals surface area contributed by atoms with Gasteiger partial charge in [-0.05, 0) is 40.4 Å². The number of carbonyl (C=O) groups excluding carboxylic acids is 1. The molecule has 1 fully saturated rings. The fraction of sp³-hybridized carbons (Fsp3) is 0.364. The smallest absolute Gasteiger partial charge is 0.227 e. The summed E-state index contributed by atoms with van der Waals surface area (Å²) in [6.45, 7) is 2.02. The zero-order valence-corrected chi connectivity index (χ0v) is 10.9. The molecule has 1 aliphatic carbocycles. The van der Waals surface area contributed by atoms with Gasteiger partial charge in [0.15, 0.2) is 0 Å². The number of carbonyl (C=O) groups is 1. The van der Waals surface area contributed by atoms with E-state index in [-0.39, 0.29) is 16.8 Å². The van der Waals surface area contributed by atoms with Crippen LogP contribution in [0.15, 0.2) is 16.6 Å². The molecular weight excluding hydrogens is 296 g/mol. The third-order valence-corrected chi connectivity index (χ3v) is 3.62. The molecule has 2 nitrogen and oxygen atoms in total. The first-order chi connectivity index (χ1) is 7.49. The first-order valence-electron chi connectivity index (χ1n) is 4.94. The van der Waals surface area contributed by atoms with Gasteiger partial charge in [0, 0.05) is 10.4 Å². The maximum absolute atomic E-state index is 13.0. The Kier molecular flexibility index (Phi) is 3.22. The van der Waals surface area contributed by atoms with Crippen molar-refractivity contribution in [2.24, 2.45) is 11.8 Å². The molecule has 0 aliphatic heterocycles. The van der Waals surface area contributed by atoms with Gasteiger partial charge in [-0.25, -0.2) is 4.39 Å². The number of rotatable bonds is 2. The van der Waals surface area contributed by atoms with E-state index in [9.17, 15) is 9.18 Å². The van der Waals surface area contributed by atoms with Gasteiger partial charge >= 0.3 is 0 Å². The summed E-state index contributed by atoms with van der Waals surface area (Å²) in [6, 6.07) is 2.45. The minimum atomic E-state index is -0.435. The molecule has 16 heavy (non-hydrogen) atoms. The molecule has 0 aromatic heterocycles. The minimum Gasteiger partial charge on any atom is -0.324 e. The average Bonchev–Trinajstić information content (AvgIpc) is 2.88. The largest absolute Gasteiger partial charge is 0.324 e. The Morgan fingerprint density at radius 3 is 2.75 bits per heavy atom. The van der Waals surface area contributed by atoms with Crippen LogP contribution in [0.3, 0.4) is 0 Å². The van der Waals surface area contributed by atoms with Crippen LogP contribution in [0, 0.1) is 17.7 Å². The molecule has 0 radical (unpaired) electrons. The molecule has 2 rings (SSSR count). The maximum Gasteiger partial charge on any atom is 0.227 e. The Labute approximate surface area is 106 Å². The fourth-order valence-corrected chi connectivity index (χ4v) is 2.46. The second-order valence-electron chi connectivity index (χ2n) is 4.05. The van der Waals surface area contributed by atoms with E-state index in [4.69, 9.17) is 11.6 Å². The van der Waals surface area contributed by atoms with E-state index in [0.29, 0.717) is 16.1 Å². The van der Waals surface area contributed by atoms with Crippen LogP contribution in [0.25, 0.3) is 0 Å². The Morgan fingerprint density at radius 1 is 1.62 bits per heavy atom. The van der Waals surface area contributed by atoms with Crippen LogP contribution >= 0.6 is 27.5 Å². The van der Waals surface area contributed by atoms with Crippen LogP contribution < -0.4 is 5.32 Å². The van der Waals surface area contributed by atoms with Gasteiger partial charge in [-0.3, -0.25) is 4.79 Å². The molecule has 2 unspecified atom stereocenters. The van der Waals surface area contributed by atoms with Crippen molar-refractivity contribution in [3.63, 3.8) is 0 Å². The van der Waals surface area contributed by atoms with Gasteiger partial charge in [0.25, 0.3) is 0 Å². The van der Waals surface area contributed by atoms with Crippen LogP contribution in [-0.2, 0) is 4.79 Å². The van der Waals surface area contributed by atoms with Crippen LogP contribution in [0.5, 0.6) is 0 Å². The van der Waals surface area contributed by atoms with Crippen LogP contribution in [0.2, 0.25) is 5.02 Å². The van der Waals surface area contributed by atoms with Gasteiger partial charge in [-0.15, -0.1) is 0 Å². The predicted octanol–water partition coefficient (Wildman–Crippen LogP) is 3.84. The van der Waals surface area contributed by atoms with Crippen LogP contribution in [-0.4, -0.2) is 5.91 Å². The van der Waals surface area contributed by atoms with Crippen molar-refractivity contribution in [2.45, 2.75) is 13.3 Å². The lowest BCUT2D eigenvalue weighted by Gasteiger charge is -2.09. The second kappa shape index (κ2) is 4.34. The summed E-state index contributed by atoms with van der Waals surface area (Å²) in [5.74, 6) is 0.00221. The highest BCUT2D eigenvalue weighted by molar-refractivity contribution is 9.10. The van der Waals surface area contributed by atoms with Crippen molar-refractivity contribution in [3.05, 3.63) is 27.4 Å². The number of nitrogens with one attached hydrogen (secondary N) is 1. The highest BCUT2D eigenvalue weighted by atomic mass is 79.9. The lowest BCUT2D eigenvalue weighted by molar-refractivity contribution is -0.117. The highest BCUT2D eigenvalue weighted by Gasteiger charge is 2.39. The van der Waals surface area contributed by atoms with Gasteiger partial charge in [0.2, 0.25) is 5.91 Å². The van der Waals surface area contributed by atoms with E-state index in [1.807, 2.05) is 6.92 Å². The lowest BCUT2D eigenvalue weighted by atomic mass is 10.2. The standard InChI is InChI=1S/C11H10BrClFNO/c1-5-2-7(5)11(16)15-10-8(12)3-6(14)4-9(10)13/h3-5,7H,2H2,1H3,(H,15,16). The summed E-state index contributed by atoms with van der Waals surface area (Å²) >= 11 is 9.03. The van der Waals surface area contributed by atoms with E-state index < -0.39 is 5.82 Å². The van der Waals surface area contributed by atoms with E-state index in [0.717, 1.165) is 6.42 Å². The molecule has 0 spiro atoms. The molecule has 5 heteroatoms. The van der Waals surface area contributed by atoms with E-state index in [1.54, 1.807) is 0 Å². The normalized spacial score (nSPS) is 23.0. The minimum absolute atomic E-state index is 0.0540. The van der Waals surface area contributed by atoms with Crippen molar-refractivity contribution in [3.8, 4) is 0 Å². The van der Waals surface area contributed by atoms with Crippen LogP contribution in [0.4, 0.5) is 10.1 Å². The molecular formula is C11H10BrClFNO. The number of benzene rings is 1. The van der Waals surface area contributed by atoms with E-state index in [2.05, 4.69) is 21.2 Å². The third kappa shape index (κ3) is 2.38. The SMILES string of the molecule is CC1CC1C(=O)Nc1c(Cl)cc(F)cc1Br. The molecule has 0 heterocycles. The molecule has 86 valence electrons. The van der Waals surface area contributed by atoms with Gasteiger partial charge in [0.05, 0.1) is 10.7 Å². The van der Waals surface area contributed by atoms with Crippen molar-refractivity contribution in [1.29, 1.82) is 0 Å². The molecule has 1 amide bonds. The first kappa shape index (κ1) is 11.9. The average molecular weight is 307 g/mol.